The van der Waals surface area contributed by atoms with Crippen LogP contribution in [0.3, 0.4) is 0 Å². The second-order valence-electron chi connectivity index (χ2n) is 3.90. The number of methoxy groups -OCH3 is 1. The number of hydrogen-bond acceptors (Lipinski definition) is 4. The van der Waals surface area contributed by atoms with Gasteiger partial charge in [-0.25, -0.2) is 0 Å². The van der Waals surface area contributed by atoms with Crippen molar-refractivity contribution in [3.63, 3.8) is 0 Å². The van der Waals surface area contributed by atoms with Gasteiger partial charge in [-0.2, -0.15) is 11.8 Å². The molecule has 1 atom stereocenters. The average molecular weight is 255 g/mol. The fraction of sp³-hybridized carbons (Fsp3) is 0.538. The van der Waals surface area contributed by atoms with Crippen molar-refractivity contribution < 1.29 is 9.84 Å². The van der Waals surface area contributed by atoms with E-state index < -0.39 is 0 Å². The second-order valence-corrected chi connectivity index (χ2v) is 4.81. The van der Waals surface area contributed by atoms with Crippen molar-refractivity contribution in [2.24, 2.45) is 0 Å². The quantitative estimate of drug-likeness (QED) is 0.744. The van der Waals surface area contributed by atoms with Crippen LogP contribution in [0.5, 0.6) is 5.75 Å². The Labute approximate surface area is 108 Å². The van der Waals surface area contributed by atoms with Crippen molar-refractivity contribution >= 4 is 11.8 Å². The van der Waals surface area contributed by atoms with Gasteiger partial charge >= 0.3 is 0 Å². The van der Waals surface area contributed by atoms with Crippen LogP contribution in [0.25, 0.3) is 0 Å². The standard InChI is InChI=1S/C13H21NO2S/c1-16-13-5-3-4-11(8-13)9-14-12(6-7-15)10-17-2/h3-5,8,12,14-15H,6-7,9-10H2,1-2H3. The molecule has 96 valence electrons. The smallest absolute Gasteiger partial charge is 0.119 e. The van der Waals surface area contributed by atoms with Gasteiger partial charge in [-0.15, -0.1) is 0 Å². The summed E-state index contributed by atoms with van der Waals surface area (Å²) < 4.78 is 5.18. The maximum atomic E-state index is 8.97. The van der Waals surface area contributed by atoms with Gasteiger partial charge in [-0.3, -0.25) is 0 Å². The van der Waals surface area contributed by atoms with Gasteiger partial charge in [0.05, 0.1) is 7.11 Å². The van der Waals surface area contributed by atoms with Crippen molar-refractivity contribution in [2.45, 2.75) is 19.0 Å². The van der Waals surface area contributed by atoms with Crippen LogP contribution in [0.1, 0.15) is 12.0 Å². The fourth-order valence-electron chi connectivity index (χ4n) is 1.65. The molecule has 2 N–H and O–H groups in total. The van der Waals surface area contributed by atoms with E-state index in [4.69, 9.17) is 9.84 Å². The average Bonchev–Trinajstić information content (AvgIpc) is 2.37. The van der Waals surface area contributed by atoms with E-state index in [9.17, 15) is 0 Å². The number of aliphatic hydroxyl groups excluding tert-OH is 1. The Morgan fingerprint density at radius 2 is 2.29 bits per heavy atom. The number of rotatable bonds is 8. The van der Waals surface area contributed by atoms with Gasteiger partial charge in [0.1, 0.15) is 5.75 Å². The minimum absolute atomic E-state index is 0.232. The van der Waals surface area contributed by atoms with Crippen LogP contribution in [0.4, 0.5) is 0 Å². The van der Waals surface area contributed by atoms with Gasteiger partial charge in [-0.05, 0) is 30.4 Å². The zero-order chi connectivity index (χ0) is 12.5. The van der Waals surface area contributed by atoms with Crippen LogP contribution in [0.2, 0.25) is 0 Å². The van der Waals surface area contributed by atoms with Crippen LogP contribution in [0.15, 0.2) is 24.3 Å². The first-order valence-corrected chi connectivity index (χ1v) is 7.15. The maximum absolute atomic E-state index is 8.97. The van der Waals surface area contributed by atoms with Gasteiger partial charge in [0, 0.05) is 24.9 Å². The molecule has 0 aliphatic rings. The summed E-state index contributed by atoms with van der Waals surface area (Å²) in [5.41, 5.74) is 1.20. The molecule has 0 spiro atoms. The summed E-state index contributed by atoms with van der Waals surface area (Å²) in [4.78, 5) is 0. The highest BCUT2D eigenvalue weighted by molar-refractivity contribution is 7.98. The lowest BCUT2D eigenvalue weighted by atomic mass is 10.2. The van der Waals surface area contributed by atoms with Gasteiger partial charge in [-0.1, -0.05) is 12.1 Å². The van der Waals surface area contributed by atoms with E-state index in [-0.39, 0.29) is 6.61 Å². The van der Waals surface area contributed by atoms with E-state index >= 15 is 0 Å². The molecule has 0 aliphatic carbocycles. The number of ether oxygens (including phenoxy) is 1. The van der Waals surface area contributed by atoms with Crippen LogP contribution in [0, 0.1) is 0 Å². The second kappa shape index (κ2) is 8.39. The van der Waals surface area contributed by atoms with Crippen molar-refractivity contribution in [1.29, 1.82) is 0 Å². The van der Waals surface area contributed by atoms with Gasteiger partial charge < -0.3 is 15.2 Å². The van der Waals surface area contributed by atoms with E-state index in [2.05, 4.69) is 17.6 Å². The zero-order valence-corrected chi connectivity index (χ0v) is 11.3. The van der Waals surface area contributed by atoms with E-state index in [1.807, 2.05) is 18.2 Å². The lowest BCUT2D eigenvalue weighted by Gasteiger charge is -2.16. The number of aliphatic hydroxyl groups is 1. The number of thioether (sulfide) groups is 1. The van der Waals surface area contributed by atoms with Gasteiger partial charge in [0.2, 0.25) is 0 Å². The molecule has 0 radical (unpaired) electrons. The molecule has 0 saturated carbocycles. The number of nitrogens with one attached hydrogen (secondary N) is 1. The van der Waals surface area contributed by atoms with E-state index in [1.165, 1.54) is 5.56 Å². The molecule has 1 aromatic rings. The monoisotopic (exact) mass is 255 g/mol. The molecule has 17 heavy (non-hydrogen) atoms. The molecule has 1 unspecified atom stereocenters. The molecule has 0 saturated heterocycles. The lowest BCUT2D eigenvalue weighted by molar-refractivity contribution is 0.269. The molecule has 0 fully saturated rings. The third-order valence-electron chi connectivity index (χ3n) is 2.57. The summed E-state index contributed by atoms with van der Waals surface area (Å²) in [6.07, 6.45) is 2.88. The van der Waals surface area contributed by atoms with Crippen LogP contribution in [-0.4, -0.2) is 36.9 Å². The molecule has 4 heteroatoms. The summed E-state index contributed by atoms with van der Waals surface area (Å²) in [6.45, 7) is 1.04. The van der Waals surface area contributed by atoms with Crippen molar-refractivity contribution in [3.8, 4) is 5.75 Å². The third kappa shape index (κ3) is 5.44. The van der Waals surface area contributed by atoms with E-state index in [0.717, 1.165) is 24.5 Å². The van der Waals surface area contributed by atoms with Crippen molar-refractivity contribution in [1.82, 2.24) is 5.32 Å². The summed E-state index contributed by atoms with van der Waals surface area (Å²) >= 11 is 1.79. The molecule has 0 bridgehead atoms. The van der Waals surface area contributed by atoms with Crippen molar-refractivity contribution in [3.05, 3.63) is 29.8 Å². The summed E-state index contributed by atoms with van der Waals surface area (Å²) in [5, 5.41) is 12.4. The van der Waals surface area contributed by atoms with E-state index in [0.29, 0.717) is 6.04 Å². The predicted octanol–water partition coefficient (Wildman–Crippen LogP) is 1.90. The minimum atomic E-state index is 0.232. The summed E-state index contributed by atoms with van der Waals surface area (Å²) in [6, 6.07) is 8.40. The SMILES string of the molecule is COc1cccc(CNC(CCO)CSC)c1. The first kappa shape index (κ1) is 14.4. The van der Waals surface area contributed by atoms with Crippen LogP contribution < -0.4 is 10.1 Å². The largest absolute Gasteiger partial charge is 0.497 e. The molecule has 0 aliphatic heterocycles. The Balaban J connectivity index is 2.46. The Bertz CT molecular complexity index is 314. The van der Waals surface area contributed by atoms with Gasteiger partial charge in [0.15, 0.2) is 0 Å². The Morgan fingerprint density at radius 3 is 2.94 bits per heavy atom. The Kier molecular flexibility index (Phi) is 7.08. The molecule has 0 heterocycles. The Hall–Kier alpha value is -0.710. The fourth-order valence-corrected chi connectivity index (χ4v) is 2.33. The first-order chi connectivity index (χ1) is 8.30. The number of benzene rings is 1. The van der Waals surface area contributed by atoms with Crippen LogP contribution in [-0.2, 0) is 6.54 Å². The molecule has 1 aromatic carbocycles. The normalized spacial score (nSPS) is 12.4. The summed E-state index contributed by atoms with van der Waals surface area (Å²) in [5.74, 6) is 1.90. The number of hydrogen-bond donors (Lipinski definition) is 2. The zero-order valence-electron chi connectivity index (χ0n) is 10.5. The maximum Gasteiger partial charge on any atom is 0.119 e. The molecule has 3 nitrogen and oxygen atoms in total. The Morgan fingerprint density at radius 1 is 1.47 bits per heavy atom. The summed E-state index contributed by atoms with van der Waals surface area (Å²) in [7, 11) is 1.68. The topological polar surface area (TPSA) is 41.5 Å². The lowest BCUT2D eigenvalue weighted by Crippen LogP contribution is -2.31. The van der Waals surface area contributed by atoms with Crippen molar-refractivity contribution in [2.75, 3.05) is 25.7 Å². The van der Waals surface area contributed by atoms with Crippen LogP contribution >= 0.6 is 11.8 Å². The highest BCUT2D eigenvalue weighted by Gasteiger charge is 2.06. The highest BCUT2D eigenvalue weighted by Crippen LogP contribution is 2.12. The molecular weight excluding hydrogens is 234 g/mol. The highest BCUT2D eigenvalue weighted by atomic mass is 32.2. The van der Waals surface area contributed by atoms with E-state index in [1.54, 1.807) is 18.9 Å². The van der Waals surface area contributed by atoms with Gasteiger partial charge in [0.25, 0.3) is 0 Å². The molecule has 0 amide bonds. The third-order valence-corrected chi connectivity index (χ3v) is 3.31. The predicted molar refractivity (Wildman–Crippen MR) is 73.7 cm³/mol. The molecule has 0 aromatic heterocycles. The molecular formula is C13H21NO2S. The molecule has 1 rings (SSSR count). The first-order valence-electron chi connectivity index (χ1n) is 5.76. The minimum Gasteiger partial charge on any atom is -0.497 e.